The third-order valence-electron chi connectivity index (χ3n) is 4.31. The fraction of sp³-hybridized carbons (Fsp3) is 0.588. The molecule has 1 saturated heterocycles. The summed E-state index contributed by atoms with van der Waals surface area (Å²) in [6.45, 7) is 7.53. The van der Waals surface area contributed by atoms with Crippen molar-refractivity contribution in [2.24, 2.45) is 5.92 Å². The van der Waals surface area contributed by atoms with Gasteiger partial charge in [0.1, 0.15) is 0 Å². The van der Waals surface area contributed by atoms with Gasteiger partial charge in [-0.3, -0.25) is 9.69 Å². The van der Waals surface area contributed by atoms with Gasteiger partial charge in [0, 0.05) is 17.6 Å². The number of halogens is 1. The number of rotatable bonds is 5. The molecule has 1 aromatic carbocycles. The van der Waals surface area contributed by atoms with Crippen molar-refractivity contribution in [3.05, 3.63) is 34.9 Å². The molecule has 0 aliphatic carbocycles. The van der Waals surface area contributed by atoms with Gasteiger partial charge in [-0.2, -0.15) is 0 Å². The highest BCUT2D eigenvalue weighted by molar-refractivity contribution is 6.30. The largest absolute Gasteiger partial charge is 0.354 e. The van der Waals surface area contributed by atoms with Crippen LogP contribution in [0.25, 0.3) is 0 Å². The highest BCUT2D eigenvalue weighted by atomic mass is 35.5. The van der Waals surface area contributed by atoms with E-state index < -0.39 is 0 Å². The van der Waals surface area contributed by atoms with E-state index >= 15 is 0 Å². The summed E-state index contributed by atoms with van der Waals surface area (Å²) < 4.78 is 0. The van der Waals surface area contributed by atoms with Crippen LogP contribution in [0.4, 0.5) is 0 Å². The Morgan fingerprint density at radius 2 is 1.95 bits per heavy atom. The Morgan fingerprint density at radius 3 is 2.57 bits per heavy atom. The number of carbonyl (C=O) groups excluding carboxylic acids is 1. The summed E-state index contributed by atoms with van der Waals surface area (Å²) in [5, 5.41) is 3.74. The lowest BCUT2D eigenvalue weighted by Gasteiger charge is -2.35. The molecule has 4 heteroatoms. The normalized spacial score (nSPS) is 18.4. The molecule has 3 nitrogen and oxygen atoms in total. The molecule has 1 N–H and O–H groups in total. The minimum Gasteiger partial charge on any atom is -0.354 e. The van der Waals surface area contributed by atoms with Crippen molar-refractivity contribution in [1.82, 2.24) is 10.2 Å². The summed E-state index contributed by atoms with van der Waals surface area (Å²) in [5.74, 6) is 0.919. The quantitative estimate of drug-likeness (QED) is 0.906. The topological polar surface area (TPSA) is 32.3 Å². The smallest absolute Gasteiger partial charge is 0.224 e. The zero-order chi connectivity index (χ0) is 15.2. The molecule has 0 saturated carbocycles. The second kappa shape index (κ2) is 7.81. The van der Waals surface area contributed by atoms with Crippen LogP contribution in [0.5, 0.6) is 0 Å². The van der Waals surface area contributed by atoms with Crippen LogP contribution in [0.15, 0.2) is 24.3 Å². The Kier molecular flexibility index (Phi) is 6.07. The van der Waals surface area contributed by atoms with E-state index in [9.17, 15) is 4.79 Å². The molecule has 1 atom stereocenters. The molecule has 1 amide bonds. The average Bonchev–Trinajstić information content (AvgIpc) is 2.48. The van der Waals surface area contributed by atoms with Crippen LogP contribution >= 0.6 is 11.6 Å². The number of piperidine rings is 1. The van der Waals surface area contributed by atoms with Gasteiger partial charge in [-0.05, 0) is 56.5 Å². The number of hydrogen-bond acceptors (Lipinski definition) is 2. The number of likely N-dealkylation sites (tertiary alicyclic amines) is 1. The Balaban J connectivity index is 1.72. The van der Waals surface area contributed by atoms with Crippen molar-refractivity contribution < 1.29 is 4.79 Å². The van der Waals surface area contributed by atoms with Crippen LogP contribution in [0.3, 0.4) is 0 Å². The van der Waals surface area contributed by atoms with Gasteiger partial charge in [0.2, 0.25) is 5.91 Å². The van der Waals surface area contributed by atoms with Gasteiger partial charge in [-0.25, -0.2) is 0 Å². The number of carbonyl (C=O) groups is 1. The summed E-state index contributed by atoms with van der Waals surface area (Å²) in [5.41, 5.74) is 0.997. The number of hydrogen-bond donors (Lipinski definition) is 1. The molecule has 1 aliphatic heterocycles. The minimum absolute atomic E-state index is 0.0783. The highest BCUT2D eigenvalue weighted by Gasteiger charge is 2.20. The summed E-state index contributed by atoms with van der Waals surface area (Å²) in [4.78, 5) is 14.4. The molecule has 1 unspecified atom stereocenters. The van der Waals surface area contributed by atoms with Crippen LogP contribution in [-0.2, 0) is 11.2 Å². The molecule has 21 heavy (non-hydrogen) atoms. The molecule has 0 aromatic heterocycles. The zero-order valence-electron chi connectivity index (χ0n) is 12.9. The third-order valence-corrected chi connectivity index (χ3v) is 4.57. The molecule has 116 valence electrons. The van der Waals surface area contributed by atoms with E-state index in [1.807, 2.05) is 24.3 Å². The first-order valence-corrected chi connectivity index (χ1v) is 8.17. The lowest BCUT2D eigenvalue weighted by atomic mass is 9.98. The molecule has 1 fully saturated rings. The zero-order valence-corrected chi connectivity index (χ0v) is 13.7. The number of benzene rings is 1. The summed E-state index contributed by atoms with van der Waals surface area (Å²) in [6, 6.07) is 7.85. The van der Waals surface area contributed by atoms with Gasteiger partial charge in [-0.1, -0.05) is 30.7 Å². The van der Waals surface area contributed by atoms with Crippen molar-refractivity contribution in [2.45, 2.75) is 39.2 Å². The molecule has 0 bridgehead atoms. The first kappa shape index (κ1) is 16.3. The third kappa shape index (κ3) is 5.33. The molecule has 1 aromatic rings. The van der Waals surface area contributed by atoms with Gasteiger partial charge < -0.3 is 5.32 Å². The SMILES string of the molecule is CC1CCN(C(C)CNC(=O)Cc2ccc(Cl)cc2)CC1. The summed E-state index contributed by atoms with van der Waals surface area (Å²) in [7, 11) is 0. The van der Waals surface area contributed by atoms with Crippen molar-refractivity contribution in [1.29, 1.82) is 0 Å². The Labute approximate surface area is 132 Å². The molecule has 1 heterocycles. The highest BCUT2D eigenvalue weighted by Crippen LogP contribution is 2.17. The number of nitrogens with one attached hydrogen (secondary N) is 1. The Bertz CT molecular complexity index is 452. The van der Waals surface area contributed by atoms with E-state index in [0.29, 0.717) is 17.5 Å². The number of amides is 1. The van der Waals surface area contributed by atoms with Gasteiger partial charge in [-0.15, -0.1) is 0 Å². The number of nitrogens with zero attached hydrogens (tertiary/aromatic N) is 1. The van der Waals surface area contributed by atoms with Crippen LogP contribution in [0.1, 0.15) is 32.3 Å². The summed E-state index contributed by atoms with van der Waals surface area (Å²) in [6.07, 6.45) is 2.95. The van der Waals surface area contributed by atoms with Crippen molar-refractivity contribution in [3.8, 4) is 0 Å². The monoisotopic (exact) mass is 308 g/mol. The van der Waals surface area contributed by atoms with Crippen LogP contribution in [-0.4, -0.2) is 36.5 Å². The van der Waals surface area contributed by atoms with Gasteiger partial charge in [0.15, 0.2) is 0 Å². The predicted octanol–water partition coefficient (Wildman–Crippen LogP) is 3.12. The van der Waals surface area contributed by atoms with E-state index in [-0.39, 0.29) is 5.91 Å². The van der Waals surface area contributed by atoms with E-state index in [0.717, 1.165) is 31.1 Å². The van der Waals surface area contributed by atoms with Crippen LogP contribution < -0.4 is 5.32 Å². The molecular formula is C17H25ClN2O. The van der Waals surface area contributed by atoms with E-state index in [2.05, 4.69) is 24.1 Å². The second-order valence-corrected chi connectivity index (χ2v) is 6.61. The van der Waals surface area contributed by atoms with Crippen LogP contribution in [0, 0.1) is 5.92 Å². The predicted molar refractivity (Wildman–Crippen MR) is 87.6 cm³/mol. The molecule has 0 spiro atoms. The second-order valence-electron chi connectivity index (χ2n) is 6.17. The fourth-order valence-corrected chi connectivity index (χ4v) is 2.84. The summed E-state index contributed by atoms with van der Waals surface area (Å²) >= 11 is 5.84. The fourth-order valence-electron chi connectivity index (χ4n) is 2.71. The average molecular weight is 309 g/mol. The van der Waals surface area contributed by atoms with Crippen molar-refractivity contribution in [3.63, 3.8) is 0 Å². The van der Waals surface area contributed by atoms with Crippen molar-refractivity contribution in [2.75, 3.05) is 19.6 Å². The van der Waals surface area contributed by atoms with Gasteiger partial charge >= 0.3 is 0 Å². The van der Waals surface area contributed by atoms with E-state index in [1.165, 1.54) is 12.8 Å². The van der Waals surface area contributed by atoms with E-state index in [1.54, 1.807) is 0 Å². The molecule has 2 rings (SSSR count). The molecule has 0 radical (unpaired) electrons. The van der Waals surface area contributed by atoms with Gasteiger partial charge in [0.05, 0.1) is 6.42 Å². The molecule has 1 aliphatic rings. The maximum absolute atomic E-state index is 12.0. The van der Waals surface area contributed by atoms with E-state index in [4.69, 9.17) is 11.6 Å². The lowest BCUT2D eigenvalue weighted by Crippen LogP contribution is -2.45. The van der Waals surface area contributed by atoms with Crippen molar-refractivity contribution >= 4 is 17.5 Å². The molecular weight excluding hydrogens is 284 g/mol. The maximum Gasteiger partial charge on any atom is 0.224 e. The maximum atomic E-state index is 12.0. The Morgan fingerprint density at radius 1 is 1.33 bits per heavy atom. The van der Waals surface area contributed by atoms with Gasteiger partial charge in [0.25, 0.3) is 0 Å². The van der Waals surface area contributed by atoms with Crippen LogP contribution in [0.2, 0.25) is 5.02 Å². The standard InChI is InChI=1S/C17H25ClN2O/c1-13-7-9-20(10-8-13)14(2)12-19-17(21)11-15-3-5-16(18)6-4-15/h3-6,13-14H,7-12H2,1-2H3,(H,19,21). The Hall–Kier alpha value is -1.06. The minimum atomic E-state index is 0.0783. The lowest BCUT2D eigenvalue weighted by molar-refractivity contribution is -0.120. The first-order valence-electron chi connectivity index (χ1n) is 7.80. The first-order chi connectivity index (χ1) is 10.0.